The highest BCUT2D eigenvalue weighted by Gasteiger charge is 2.20. The number of halogens is 1. The molecular weight excluding hydrogens is 268 g/mol. The van der Waals surface area contributed by atoms with Crippen LogP contribution in [0.5, 0.6) is 0 Å². The van der Waals surface area contributed by atoms with Crippen molar-refractivity contribution in [2.75, 3.05) is 11.4 Å². The molecule has 0 amide bonds. The lowest BCUT2D eigenvalue weighted by atomic mass is 10.2. The fourth-order valence-corrected chi connectivity index (χ4v) is 2.93. The highest BCUT2D eigenvalue weighted by atomic mass is 35.5. The molecule has 0 aliphatic heterocycles. The van der Waals surface area contributed by atoms with Crippen molar-refractivity contribution < 1.29 is 0 Å². The van der Waals surface area contributed by atoms with Crippen LogP contribution in [-0.2, 0) is 5.88 Å². The van der Waals surface area contributed by atoms with Crippen LogP contribution in [0.4, 0.5) is 5.82 Å². The first kappa shape index (κ1) is 13.2. The molecule has 0 spiro atoms. The van der Waals surface area contributed by atoms with Crippen LogP contribution in [0.2, 0.25) is 0 Å². The Morgan fingerprint density at radius 2 is 2.39 bits per heavy atom. The van der Waals surface area contributed by atoms with Crippen molar-refractivity contribution in [2.45, 2.75) is 32.2 Å². The van der Waals surface area contributed by atoms with Gasteiger partial charge in [0.05, 0.1) is 24.1 Å². The lowest BCUT2D eigenvalue weighted by Crippen LogP contribution is -2.32. The van der Waals surface area contributed by atoms with E-state index in [1.807, 2.05) is 16.0 Å². The van der Waals surface area contributed by atoms with Crippen LogP contribution in [0.3, 0.4) is 0 Å². The van der Waals surface area contributed by atoms with Gasteiger partial charge in [-0.15, -0.1) is 22.9 Å². The summed E-state index contributed by atoms with van der Waals surface area (Å²) in [4.78, 5) is 7.72. The molecule has 0 N–H and O–H groups in total. The minimum atomic E-state index is 0.296. The summed E-state index contributed by atoms with van der Waals surface area (Å²) in [5.41, 5.74) is 1.000. The number of alkyl halides is 1. The monoisotopic (exact) mass is 282 g/mol. The van der Waals surface area contributed by atoms with Crippen LogP contribution < -0.4 is 4.90 Å². The van der Waals surface area contributed by atoms with E-state index in [-0.39, 0.29) is 0 Å². The Morgan fingerprint density at radius 3 is 3.00 bits per heavy atom. The molecule has 0 saturated carbocycles. The number of aromatic nitrogens is 2. The third-order valence-corrected chi connectivity index (χ3v) is 3.84. The zero-order valence-electron chi connectivity index (χ0n) is 10.4. The molecule has 2 aromatic rings. The van der Waals surface area contributed by atoms with Crippen LogP contribution in [-0.4, -0.2) is 22.0 Å². The van der Waals surface area contributed by atoms with Gasteiger partial charge in [-0.05, 0) is 13.8 Å². The van der Waals surface area contributed by atoms with E-state index in [1.54, 1.807) is 11.3 Å². The quantitative estimate of drug-likeness (QED) is 0.791. The van der Waals surface area contributed by atoms with Gasteiger partial charge >= 0.3 is 0 Å². The number of anilines is 1. The Bertz CT molecular complexity index is 566. The largest absolute Gasteiger partial charge is 0.352 e. The van der Waals surface area contributed by atoms with E-state index in [0.717, 1.165) is 16.5 Å². The van der Waals surface area contributed by atoms with Gasteiger partial charge < -0.3 is 4.90 Å². The van der Waals surface area contributed by atoms with E-state index in [9.17, 15) is 0 Å². The maximum Gasteiger partial charge on any atom is 0.195 e. The smallest absolute Gasteiger partial charge is 0.195 e. The molecule has 0 aliphatic rings. The molecule has 18 heavy (non-hydrogen) atoms. The molecule has 6 heteroatoms. The van der Waals surface area contributed by atoms with Gasteiger partial charge in [-0.1, -0.05) is 0 Å². The molecule has 2 aromatic heterocycles. The number of thiazole rings is 1. The van der Waals surface area contributed by atoms with Crippen LogP contribution in [0.1, 0.15) is 26.0 Å². The predicted octanol–water partition coefficient (Wildman–Crippen LogP) is 3.26. The van der Waals surface area contributed by atoms with E-state index in [2.05, 4.69) is 29.8 Å². The molecule has 2 rings (SSSR count). The van der Waals surface area contributed by atoms with Crippen molar-refractivity contribution in [3.8, 4) is 6.07 Å². The highest BCUT2D eigenvalue weighted by molar-refractivity contribution is 7.15. The van der Waals surface area contributed by atoms with Crippen LogP contribution in [0.25, 0.3) is 4.96 Å². The number of fused-ring (bicyclic) bond motifs is 1. The lowest BCUT2D eigenvalue weighted by Gasteiger charge is -2.26. The van der Waals surface area contributed by atoms with Crippen LogP contribution in [0, 0.1) is 11.3 Å². The SMILES string of the molecule is CC(C)N(CCC#N)c1nc2sccn2c1CCl. The standard InChI is InChI=1S/C12H15ClN4S/c1-9(2)16(5-3-4-14)11-10(8-13)17-6-7-18-12(17)15-11/h6-7,9H,3,5,8H2,1-2H3. The highest BCUT2D eigenvalue weighted by Crippen LogP contribution is 2.27. The normalized spacial score (nSPS) is 11.1. The molecule has 0 radical (unpaired) electrons. The summed E-state index contributed by atoms with van der Waals surface area (Å²) in [6.45, 7) is 4.88. The number of nitrogens with zero attached hydrogens (tertiary/aromatic N) is 4. The first-order valence-corrected chi connectivity index (χ1v) is 7.24. The van der Waals surface area contributed by atoms with Gasteiger partial charge in [-0.25, -0.2) is 4.98 Å². The van der Waals surface area contributed by atoms with Gasteiger partial charge in [0.1, 0.15) is 0 Å². The second kappa shape index (κ2) is 5.59. The Labute approximate surface area is 115 Å². The average molecular weight is 283 g/mol. The fraction of sp³-hybridized carbons (Fsp3) is 0.500. The van der Waals surface area contributed by atoms with Crippen molar-refractivity contribution in [3.63, 3.8) is 0 Å². The molecule has 0 aromatic carbocycles. The van der Waals surface area contributed by atoms with E-state index in [4.69, 9.17) is 16.9 Å². The summed E-state index contributed by atoms with van der Waals surface area (Å²) < 4.78 is 2.02. The predicted molar refractivity (Wildman–Crippen MR) is 75.3 cm³/mol. The number of rotatable bonds is 5. The number of nitriles is 1. The first-order valence-electron chi connectivity index (χ1n) is 5.83. The summed E-state index contributed by atoms with van der Waals surface area (Å²) >= 11 is 7.64. The molecule has 4 nitrogen and oxygen atoms in total. The topological polar surface area (TPSA) is 44.3 Å². The Morgan fingerprint density at radius 1 is 1.61 bits per heavy atom. The average Bonchev–Trinajstić information content (AvgIpc) is 2.89. The molecule has 0 aliphatic carbocycles. The second-order valence-electron chi connectivity index (χ2n) is 4.27. The van der Waals surface area contributed by atoms with Gasteiger partial charge in [0, 0.05) is 24.2 Å². The second-order valence-corrected chi connectivity index (χ2v) is 5.41. The Kier molecular flexibility index (Phi) is 4.10. The van der Waals surface area contributed by atoms with E-state index in [1.165, 1.54) is 0 Å². The zero-order chi connectivity index (χ0) is 13.1. The number of imidazole rings is 1. The fourth-order valence-electron chi connectivity index (χ4n) is 1.95. The molecule has 0 fully saturated rings. The van der Waals surface area contributed by atoms with Gasteiger partial charge in [-0.3, -0.25) is 4.40 Å². The first-order chi connectivity index (χ1) is 8.69. The van der Waals surface area contributed by atoms with Crippen molar-refractivity contribution in [1.82, 2.24) is 9.38 Å². The number of hydrogen-bond acceptors (Lipinski definition) is 4. The molecule has 2 heterocycles. The molecule has 0 unspecified atom stereocenters. The van der Waals surface area contributed by atoms with Crippen molar-refractivity contribution >= 4 is 33.7 Å². The van der Waals surface area contributed by atoms with Crippen molar-refractivity contribution in [1.29, 1.82) is 5.26 Å². The third kappa shape index (κ3) is 2.31. The Balaban J connectivity index is 2.43. The van der Waals surface area contributed by atoms with Gasteiger partial charge in [0.25, 0.3) is 0 Å². The summed E-state index contributed by atoms with van der Waals surface area (Å²) in [6, 6.07) is 2.48. The molecule has 0 atom stereocenters. The zero-order valence-corrected chi connectivity index (χ0v) is 12.0. The summed E-state index contributed by atoms with van der Waals surface area (Å²) in [7, 11) is 0. The minimum Gasteiger partial charge on any atom is -0.352 e. The molecular formula is C12H15ClN4S. The molecule has 0 bridgehead atoms. The third-order valence-electron chi connectivity index (χ3n) is 2.83. The summed E-state index contributed by atoms with van der Waals surface area (Å²) in [5.74, 6) is 1.32. The summed E-state index contributed by atoms with van der Waals surface area (Å²) in [6.07, 6.45) is 2.47. The van der Waals surface area contributed by atoms with E-state index >= 15 is 0 Å². The molecule has 0 saturated heterocycles. The van der Waals surface area contributed by atoms with E-state index in [0.29, 0.717) is 24.9 Å². The Hall–Kier alpha value is -1.25. The van der Waals surface area contributed by atoms with Crippen molar-refractivity contribution in [3.05, 3.63) is 17.3 Å². The molecule has 96 valence electrons. The number of hydrogen-bond donors (Lipinski definition) is 0. The van der Waals surface area contributed by atoms with Crippen molar-refractivity contribution in [2.24, 2.45) is 0 Å². The van der Waals surface area contributed by atoms with Gasteiger partial charge in [-0.2, -0.15) is 5.26 Å². The van der Waals surface area contributed by atoms with Gasteiger partial charge in [0.15, 0.2) is 10.8 Å². The summed E-state index contributed by atoms with van der Waals surface area (Å²) in [5, 5.41) is 10.7. The maximum absolute atomic E-state index is 8.74. The van der Waals surface area contributed by atoms with Gasteiger partial charge in [0.2, 0.25) is 0 Å². The van der Waals surface area contributed by atoms with Crippen LogP contribution >= 0.6 is 22.9 Å². The minimum absolute atomic E-state index is 0.296. The maximum atomic E-state index is 8.74. The van der Waals surface area contributed by atoms with Crippen LogP contribution in [0.15, 0.2) is 11.6 Å². The van der Waals surface area contributed by atoms with E-state index < -0.39 is 0 Å². The lowest BCUT2D eigenvalue weighted by molar-refractivity contribution is 0.676.